The summed E-state index contributed by atoms with van der Waals surface area (Å²) in [6.45, 7) is 5.42. The average molecular weight is 279 g/mol. The molecule has 20 heavy (non-hydrogen) atoms. The first-order valence-electron chi connectivity index (χ1n) is 6.46. The van der Waals surface area contributed by atoms with Crippen LogP contribution >= 0.6 is 0 Å². The quantitative estimate of drug-likeness (QED) is 0.919. The molecule has 1 N–H and O–H groups in total. The third-order valence-electron chi connectivity index (χ3n) is 2.59. The third kappa shape index (κ3) is 5.30. The summed E-state index contributed by atoms with van der Waals surface area (Å²) in [5.74, 6) is -0.837. The number of rotatable bonds is 4. The second-order valence-corrected chi connectivity index (χ2v) is 5.60. The number of aryl methyl sites for hydroxylation is 1. The van der Waals surface area contributed by atoms with Crippen LogP contribution in [0.2, 0.25) is 0 Å². The standard InChI is InChI=1S/C15H21NO4/c1-15(2,3)20-14(19)16(4)12-7-5-6-11(10-12)8-9-13(17)18/h5-7,10H,8-9H2,1-4H3,(H,17,18). The Morgan fingerprint density at radius 3 is 2.50 bits per heavy atom. The fourth-order valence-electron chi connectivity index (χ4n) is 1.61. The van der Waals surface area contributed by atoms with Crippen molar-refractivity contribution in [2.45, 2.75) is 39.2 Å². The van der Waals surface area contributed by atoms with Crippen LogP contribution in [-0.4, -0.2) is 29.8 Å². The first-order chi connectivity index (χ1) is 9.19. The molecule has 1 aromatic rings. The lowest BCUT2D eigenvalue weighted by Crippen LogP contribution is -2.34. The largest absolute Gasteiger partial charge is 0.481 e. The van der Waals surface area contributed by atoms with Crippen LogP contribution in [0.25, 0.3) is 0 Å². The van der Waals surface area contributed by atoms with Crippen LogP contribution in [0.3, 0.4) is 0 Å². The van der Waals surface area contributed by atoms with Gasteiger partial charge in [-0.2, -0.15) is 0 Å². The lowest BCUT2D eigenvalue weighted by molar-refractivity contribution is -0.136. The molecule has 0 spiro atoms. The topological polar surface area (TPSA) is 66.8 Å². The Balaban J connectivity index is 2.77. The minimum atomic E-state index is -0.837. The molecule has 0 unspecified atom stereocenters. The SMILES string of the molecule is CN(C(=O)OC(C)(C)C)c1cccc(CCC(=O)O)c1. The van der Waals surface area contributed by atoms with E-state index in [1.807, 2.05) is 26.8 Å². The van der Waals surface area contributed by atoms with Crippen LogP contribution in [-0.2, 0) is 16.0 Å². The van der Waals surface area contributed by atoms with E-state index in [-0.39, 0.29) is 6.42 Å². The molecule has 110 valence electrons. The molecule has 5 nitrogen and oxygen atoms in total. The molecule has 0 aliphatic heterocycles. The van der Waals surface area contributed by atoms with E-state index in [0.29, 0.717) is 12.1 Å². The van der Waals surface area contributed by atoms with Gasteiger partial charge in [0.1, 0.15) is 5.60 Å². The Morgan fingerprint density at radius 1 is 1.30 bits per heavy atom. The second-order valence-electron chi connectivity index (χ2n) is 5.60. The van der Waals surface area contributed by atoms with Crippen LogP contribution in [0, 0.1) is 0 Å². The summed E-state index contributed by atoms with van der Waals surface area (Å²) in [5, 5.41) is 8.68. The molecule has 0 heterocycles. The van der Waals surface area contributed by atoms with E-state index in [1.54, 1.807) is 25.2 Å². The number of hydrogen-bond donors (Lipinski definition) is 1. The highest BCUT2D eigenvalue weighted by Gasteiger charge is 2.20. The second kappa shape index (κ2) is 6.41. The fourth-order valence-corrected chi connectivity index (χ4v) is 1.61. The van der Waals surface area contributed by atoms with Crippen LogP contribution in [0.15, 0.2) is 24.3 Å². The minimum absolute atomic E-state index is 0.0691. The van der Waals surface area contributed by atoms with E-state index in [4.69, 9.17) is 9.84 Å². The number of carboxylic acids is 1. The van der Waals surface area contributed by atoms with Crippen molar-refractivity contribution in [2.24, 2.45) is 0 Å². The Morgan fingerprint density at radius 2 is 1.95 bits per heavy atom. The van der Waals surface area contributed by atoms with E-state index in [1.165, 1.54) is 4.90 Å². The van der Waals surface area contributed by atoms with E-state index < -0.39 is 17.7 Å². The van der Waals surface area contributed by atoms with E-state index in [0.717, 1.165) is 5.56 Å². The van der Waals surface area contributed by atoms with E-state index in [2.05, 4.69) is 0 Å². The van der Waals surface area contributed by atoms with Gasteiger partial charge < -0.3 is 9.84 Å². The van der Waals surface area contributed by atoms with Crippen molar-refractivity contribution in [1.29, 1.82) is 0 Å². The highest BCUT2D eigenvalue weighted by Crippen LogP contribution is 2.19. The van der Waals surface area contributed by atoms with Gasteiger partial charge >= 0.3 is 12.1 Å². The molecule has 0 radical (unpaired) electrons. The van der Waals surface area contributed by atoms with Gasteiger partial charge in [0.2, 0.25) is 0 Å². The van der Waals surface area contributed by atoms with E-state index >= 15 is 0 Å². The Labute approximate surface area is 119 Å². The first kappa shape index (κ1) is 16.0. The maximum Gasteiger partial charge on any atom is 0.414 e. The summed E-state index contributed by atoms with van der Waals surface area (Å²) >= 11 is 0. The monoisotopic (exact) mass is 279 g/mol. The van der Waals surface area contributed by atoms with Crippen LogP contribution in [0.4, 0.5) is 10.5 Å². The summed E-state index contributed by atoms with van der Waals surface area (Å²) in [7, 11) is 1.63. The zero-order chi connectivity index (χ0) is 15.3. The smallest absolute Gasteiger partial charge is 0.414 e. The third-order valence-corrected chi connectivity index (χ3v) is 2.59. The maximum absolute atomic E-state index is 11.9. The molecule has 0 bridgehead atoms. The molecule has 1 rings (SSSR count). The number of carbonyl (C=O) groups is 2. The van der Waals surface area contributed by atoms with Gasteiger partial charge in [-0.25, -0.2) is 4.79 Å². The van der Waals surface area contributed by atoms with Gasteiger partial charge in [0.25, 0.3) is 0 Å². The van der Waals surface area contributed by atoms with Crippen molar-refractivity contribution in [3.8, 4) is 0 Å². The summed E-state index contributed by atoms with van der Waals surface area (Å²) < 4.78 is 5.28. The Bertz CT molecular complexity index is 491. The number of ether oxygens (including phenoxy) is 1. The lowest BCUT2D eigenvalue weighted by Gasteiger charge is -2.25. The van der Waals surface area contributed by atoms with Gasteiger partial charge in [-0.05, 0) is 44.9 Å². The molecular formula is C15H21NO4. The first-order valence-corrected chi connectivity index (χ1v) is 6.46. The highest BCUT2D eigenvalue weighted by atomic mass is 16.6. The highest BCUT2D eigenvalue weighted by molar-refractivity contribution is 5.87. The maximum atomic E-state index is 11.9. The molecule has 0 atom stereocenters. The summed E-state index contributed by atoms with van der Waals surface area (Å²) in [4.78, 5) is 23.9. The molecule has 0 saturated heterocycles. The minimum Gasteiger partial charge on any atom is -0.481 e. The predicted molar refractivity (Wildman–Crippen MR) is 77.0 cm³/mol. The molecule has 1 aromatic carbocycles. The number of amides is 1. The van der Waals surface area contributed by atoms with Crippen molar-refractivity contribution in [1.82, 2.24) is 0 Å². The zero-order valence-electron chi connectivity index (χ0n) is 12.3. The summed E-state index contributed by atoms with van der Waals surface area (Å²) in [5.41, 5.74) is 1.01. The molecule has 0 fully saturated rings. The Hall–Kier alpha value is -2.04. The van der Waals surface area contributed by atoms with Gasteiger partial charge in [0.05, 0.1) is 0 Å². The number of aliphatic carboxylic acids is 1. The molecule has 0 aliphatic carbocycles. The van der Waals surface area contributed by atoms with Crippen LogP contribution < -0.4 is 4.90 Å². The number of benzene rings is 1. The van der Waals surface area contributed by atoms with E-state index in [9.17, 15) is 9.59 Å². The van der Waals surface area contributed by atoms with Gasteiger partial charge in [-0.15, -0.1) is 0 Å². The summed E-state index contributed by atoms with van der Waals surface area (Å²) in [6.07, 6.45) is 0.0678. The average Bonchev–Trinajstić information content (AvgIpc) is 2.33. The number of carboxylic acid groups (broad SMARTS) is 1. The van der Waals surface area contributed by atoms with Crippen LogP contribution in [0.5, 0.6) is 0 Å². The lowest BCUT2D eigenvalue weighted by atomic mass is 10.1. The van der Waals surface area contributed by atoms with Gasteiger partial charge in [-0.3, -0.25) is 9.69 Å². The predicted octanol–water partition coefficient (Wildman–Crippen LogP) is 3.08. The fraction of sp³-hybridized carbons (Fsp3) is 0.467. The van der Waals surface area contributed by atoms with Crippen molar-refractivity contribution >= 4 is 17.7 Å². The van der Waals surface area contributed by atoms with Crippen molar-refractivity contribution in [3.05, 3.63) is 29.8 Å². The number of hydrogen-bond acceptors (Lipinski definition) is 3. The molecular weight excluding hydrogens is 258 g/mol. The zero-order valence-corrected chi connectivity index (χ0v) is 12.3. The van der Waals surface area contributed by atoms with Crippen molar-refractivity contribution < 1.29 is 19.4 Å². The number of anilines is 1. The number of carbonyl (C=O) groups excluding carboxylic acids is 1. The summed E-state index contributed by atoms with van der Waals surface area (Å²) in [6, 6.07) is 7.23. The molecule has 5 heteroatoms. The molecule has 0 saturated carbocycles. The molecule has 0 aromatic heterocycles. The Kier molecular flexibility index (Phi) is 5.13. The normalized spacial score (nSPS) is 11.0. The molecule has 0 aliphatic rings. The van der Waals surface area contributed by atoms with Gasteiger partial charge in [0.15, 0.2) is 0 Å². The number of nitrogens with zero attached hydrogens (tertiary/aromatic N) is 1. The van der Waals surface area contributed by atoms with Crippen LogP contribution in [0.1, 0.15) is 32.8 Å². The van der Waals surface area contributed by atoms with Gasteiger partial charge in [0, 0.05) is 19.2 Å². The van der Waals surface area contributed by atoms with Crippen molar-refractivity contribution in [3.63, 3.8) is 0 Å². The van der Waals surface area contributed by atoms with Crippen molar-refractivity contribution in [2.75, 3.05) is 11.9 Å². The molecule has 1 amide bonds. The van der Waals surface area contributed by atoms with Gasteiger partial charge in [-0.1, -0.05) is 12.1 Å².